The lowest BCUT2D eigenvalue weighted by atomic mass is 9.90. The van der Waals surface area contributed by atoms with Gasteiger partial charge in [0.05, 0.1) is 11.2 Å². The highest BCUT2D eigenvalue weighted by atomic mass is 32.1. The lowest BCUT2D eigenvalue weighted by molar-refractivity contribution is 0.291. The van der Waals surface area contributed by atoms with E-state index < -0.39 is 0 Å². The lowest BCUT2D eigenvalue weighted by Crippen LogP contribution is -2.35. The van der Waals surface area contributed by atoms with E-state index in [-0.39, 0.29) is 0 Å². The normalized spacial score (nSPS) is 18.5. The van der Waals surface area contributed by atoms with Gasteiger partial charge in [-0.3, -0.25) is 4.90 Å². The van der Waals surface area contributed by atoms with Crippen molar-refractivity contribution in [3.05, 3.63) is 52.0 Å². The molecule has 1 aromatic heterocycles. The number of fused-ring (bicyclic) bond motifs is 1. The van der Waals surface area contributed by atoms with Crippen molar-refractivity contribution >= 4 is 11.3 Å². The van der Waals surface area contributed by atoms with Crippen LogP contribution in [0.4, 0.5) is 0 Å². The molecule has 0 aliphatic carbocycles. The van der Waals surface area contributed by atoms with Crippen molar-refractivity contribution in [2.24, 2.45) is 0 Å². The first-order valence-electron chi connectivity index (χ1n) is 6.67. The molecule has 1 aliphatic heterocycles. The third kappa shape index (κ3) is 3.03. The van der Waals surface area contributed by atoms with E-state index >= 15 is 0 Å². The second-order valence-corrected chi connectivity index (χ2v) is 5.92. The Morgan fingerprint density at radius 2 is 2.32 bits per heavy atom. The minimum Gasteiger partial charge on any atom is -0.312 e. The monoisotopic (exact) mass is 273 g/mol. The van der Waals surface area contributed by atoms with Gasteiger partial charge in [-0.1, -0.05) is 24.3 Å². The maximum atomic E-state index is 4.35. The van der Waals surface area contributed by atoms with Crippen LogP contribution in [0.3, 0.4) is 0 Å². The molecular formula is C15H19N3S. The summed E-state index contributed by atoms with van der Waals surface area (Å²) in [6.07, 6.45) is 0. The van der Waals surface area contributed by atoms with Crippen LogP contribution in [0, 0.1) is 0 Å². The molecule has 0 spiro atoms. The Balaban J connectivity index is 1.67. The van der Waals surface area contributed by atoms with Gasteiger partial charge in [-0.2, -0.15) is 0 Å². The molecule has 3 rings (SSSR count). The second-order valence-electron chi connectivity index (χ2n) is 5.20. The molecule has 0 fully saturated rings. The molecule has 1 aromatic carbocycles. The van der Waals surface area contributed by atoms with Crippen LogP contribution in [-0.2, 0) is 13.1 Å². The summed E-state index contributed by atoms with van der Waals surface area (Å²) in [4.78, 5) is 6.72. The maximum Gasteiger partial charge on any atom is 0.0795 e. The second kappa shape index (κ2) is 5.82. The first kappa shape index (κ1) is 12.8. The number of benzene rings is 1. The van der Waals surface area contributed by atoms with Crippen LogP contribution >= 0.6 is 11.3 Å². The first-order chi connectivity index (χ1) is 9.33. The van der Waals surface area contributed by atoms with E-state index in [4.69, 9.17) is 0 Å². The largest absolute Gasteiger partial charge is 0.312 e. The smallest absolute Gasteiger partial charge is 0.0795 e. The van der Waals surface area contributed by atoms with Crippen LogP contribution < -0.4 is 5.32 Å². The highest BCUT2D eigenvalue weighted by molar-refractivity contribution is 7.07. The number of hydrogen-bond donors (Lipinski definition) is 1. The molecule has 1 N–H and O–H groups in total. The van der Waals surface area contributed by atoms with Crippen molar-refractivity contribution in [3.8, 4) is 0 Å². The molecule has 0 bridgehead atoms. The Kier molecular flexibility index (Phi) is 3.92. The van der Waals surface area contributed by atoms with Gasteiger partial charge < -0.3 is 5.32 Å². The molecule has 1 atom stereocenters. The summed E-state index contributed by atoms with van der Waals surface area (Å²) in [7, 11) is 2.18. The zero-order valence-corrected chi connectivity index (χ0v) is 12.0. The summed E-state index contributed by atoms with van der Waals surface area (Å²) in [5, 5.41) is 5.64. The summed E-state index contributed by atoms with van der Waals surface area (Å²) in [5.41, 5.74) is 6.03. The fourth-order valence-corrected chi connectivity index (χ4v) is 3.33. The van der Waals surface area contributed by atoms with Gasteiger partial charge in [-0.15, -0.1) is 11.3 Å². The van der Waals surface area contributed by atoms with Crippen LogP contribution in [0.1, 0.15) is 22.7 Å². The van der Waals surface area contributed by atoms with Gasteiger partial charge in [0.15, 0.2) is 0 Å². The molecule has 100 valence electrons. The Morgan fingerprint density at radius 1 is 1.42 bits per heavy atom. The van der Waals surface area contributed by atoms with E-state index in [9.17, 15) is 0 Å². The lowest BCUT2D eigenvalue weighted by Gasteiger charge is -2.29. The quantitative estimate of drug-likeness (QED) is 0.927. The molecule has 4 heteroatoms. The number of nitrogens with one attached hydrogen (secondary N) is 1. The summed E-state index contributed by atoms with van der Waals surface area (Å²) >= 11 is 1.67. The van der Waals surface area contributed by atoms with Gasteiger partial charge >= 0.3 is 0 Å². The van der Waals surface area contributed by atoms with Crippen LogP contribution in [0.25, 0.3) is 0 Å². The third-order valence-electron chi connectivity index (χ3n) is 3.65. The minimum absolute atomic E-state index is 0.577. The predicted octanol–water partition coefficient (Wildman–Crippen LogP) is 2.46. The maximum absolute atomic E-state index is 4.35. The fourth-order valence-electron chi connectivity index (χ4n) is 2.78. The van der Waals surface area contributed by atoms with E-state index in [0.29, 0.717) is 5.92 Å². The van der Waals surface area contributed by atoms with E-state index in [1.165, 1.54) is 16.8 Å². The van der Waals surface area contributed by atoms with Crippen molar-refractivity contribution in [3.63, 3.8) is 0 Å². The molecule has 0 radical (unpaired) electrons. The minimum atomic E-state index is 0.577. The number of nitrogens with zero attached hydrogens (tertiary/aromatic N) is 2. The summed E-state index contributed by atoms with van der Waals surface area (Å²) in [6, 6.07) is 8.78. The zero-order valence-electron chi connectivity index (χ0n) is 11.2. The van der Waals surface area contributed by atoms with Gasteiger partial charge in [0.25, 0.3) is 0 Å². The number of thiazole rings is 1. The Morgan fingerprint density at radius 3 is 3.16 bits per heavy atom. The number of aromatic nitrogens is 1. The van der Waals surface area contributed by atoms with Crippen LogP contribution in [0.2, 0.25) is 0 Å². The number of hydrogen-bond acceptors (Lipinski definition) is 4. The first-order valence-corrected chi connectivity index (χ1v) is 7.61. The summed E-state index contributed by atoms with van der Waals surface area (Å²) < 4.78 is 0. The standard InChI is InChI=1S/C15H19N3S/c1-18(9-14-10-19-11-17-14)8-13-7-16-6-12-4-2-3-5-15(12)13/h2-5,10-11,13,16H,6-9H2,1H3. The molecule has 1 unspecified atom stereocenters. The SMILES string of the molecule is CN(Cc1cscn1)CC1CNCc2ccccc21. The molecule has 19 heavy (non-hydrogen) atoms. The molecular weight excluding hydrogens is 254 g/mol. The van der Waals surface area contributed by atoms with E-state index in [0.717, 1.165) is 26.2 Å². The highest BCUT2D eigenvalue weighted by Gasteiger charge is 2.20. The summed E-state index contributed by atoms with van der Waals surface area (Å²) in [5.74, 6) is 0.577. The Bertz CT molecular complexity index is 524. The predicted molar refractivity (Wildman–Crippen MR) is 79.3 cm³/mol. The molecule has 0 saturated heterocycles. The zero-order chi connectivity index (χ0) is 13.1. The number of likely N-dealkylation sites (N-methyl/N-ethyl adjacent to an activating group) is 1. The van der Waals surface area contributed by atoms with Gasteiger partial charge in [0.1, 0.15) is 0 Å². The van der Waals surface area contributed by atoms with Crippen LogP contribution in [0.15, 0.2) is 35.2 Å². The van der Waals surface area contributed by atoms with Crippen molar-refractivity contribution < 1.29 is 0 Å². The molecule has 0 saturated carbocycles. The van der Waals surface area contributed by atoms with E-state index in [2.05, 4.69) is 51.9 Å². The fraction of sp³-hybridized carbons (Fsp3) is 0.400. The van der Waals surface area contributed by atoms with Crippen molar-refractivity contribution in [1.82, 2.24) is 15.2 Å². The average molecular weight is 273 g/mol. The van der Waals surface area contributed by atoms with E-state index in [1.54, 1.807) is 11.3 Å². The molecule has 1 aliphatic rings. The topological polar surface area (TPSA) is 28.2 Å². The van der Waals surface area contributed by atoms with Gasteiger partial charge in [0, 0.05) is 37.5 Å². The summed E-state index contributed by atoms with van der Waals surface area (Å²) in [6.45, 7) is 4.07. The molecule has 2 aromatic rings. The van der Waals surface area contributed by atoms with Crippen molar-refractivity contribution in [2.75, 3.05) is 20.1 Å². The van der Waals surface area contributed by atoms with Gasteiger partial charge in [0.2, 0.25) is 0 Å². The van der Waals surface area contributed by atoms with Crippen molar-refractivity contribution in [1.29, 1.82) is 0 Å². The van der Waals surface area contributed by atoms with Crippen molar-refractivity contribution in [2.45, 2.75) is 19.0 Å². The Labute approximate surface area is 118 Å². The van der Waals surface area contributed by atoms with Crippen LogP contribution in [-0.4, -0.2) is 30.0 Å². The third-order valence-corrected chi connectivity index (χ3v) is 4.28. The average Bonchev–Trinajstić information content (AvgIpc) is 2.92. The molecule has 0 amide bonds. The number of rotatable bonds is 4. The highest BCUT2D eigenvalue weighted by Crippen LogP contribution is 2.24. The van der Waals surface area contributed by atoms with Gasteiger partial charge in [-0.25, -0.2) is 4.98 Å². The van der Waals surface area contributed by atoms with Crippen LogP contribution in [0.5, 0.6) is 0 Å². The molecule has 2 heterocycles. The Hall–Kier alpha value is -1.23. The van der Waals surface area contributed by atoms with E-state index in [1.807, 2.05) is 5.51 Å². The van der Waals surface area contributed by atoms with Gasteiger partial charge in [-0.05, 0) is 18.2 Å². The molecule has 3 nitrogen and oxygen atoms in total.